The first-order valence-corrected chi connectivity index (χ1v) is 23.9. The van der Waals surface area contributed by atoms with Crippen LogP contribution < -0.4 is 9.33 Å². The third kappa shape index (κ3) is 8.22. The topological polar surface area (TPSA) is 51.7 Å². The summed E-state index contributed by atoms with van der Waals surface area (Å²) in [5, 5.41) is -0.228. The van der Waals surface area contributed by atoms with Crippen molar-refractivity contribution in [1.29, 1.82) is 0 Å². The molecule has 3 aromatic carbocycles. The molecule has 1 aliphatic heterocycles. The molecule has 0 aliphatic carbocycles. The van der Waals surface area contributed by atoms with Crippen molar-refractivity contribution in [3.05, 3.63) is 114 Å². The fourth-order valence-corrected chi connectivity index (χ4v) is 9.16. The van der Waals surface area contributed by atoms with Crippen molar-refractivity contribution >= 4 is 40.0 Å². The molecule has 1 aliphatic rings. The van der Waals surface area contributed by atoms with Gasteiger partial charge in [-0.05, 0) is 101 Å². The molecule has 1 amide bonds. The molecule has 0 radical (unpaired) electrons. The Morgan fingerprint density at radius 3 is 1.98 bits per heavy atom. The Labute approximate surface area is 298 Å². The minimum atomic E-state index is -2.18. The highest BCUT2D eigenvalue weighted by atomic mass is 32.2. The first kappa shape index (κ1) is 37.0. The van der Waals surface area contributed by atoms with E-state index in [9.17, 15) is 9.18 Å². The number of thioether (sulfide) groups is 1. The molecule has 0 spiro atoms. The molecule has 49 heavy (non-hydrogen) atoms. The van der Waals surface area contributed by atoms with E-state index in [2.05, 4.69) is 84.8 Å². The van der Waals surface area contributed by atoms with Crippen molar-refractivity contribution in [2.24, 2.45) is 0 Å². The molecule has 0 bridgehead atoms. The van der Waals surface area contributed by atoms with E-state index >= 15 is 0 Å². The number of nitrogens with zero attached hydrogens (tertiary/aromatic N) is 2. The standard InChI is InChI=1S/C40H51FN2O3SSi2/c1-39(2,3)48(7,8)45-34-23-17-30(18-24-34)36-37(38(44)43(36)33-21-15-28(16-22-33)31-12-11-25-42-26-31)47-27-35(29-13-19-32(41)20-14-29)46-49(9,10)40(4,5)6/h11-26,35-37H,27H2,1-10H3/t35-,36-,37-/m1/s1. The normalized spacial score (nSPS) is 17.9. The molecule has 1 fully saturated rings. The number of halogens is 1. The number of hydrogen-bond donors (Lipinski definition) is 0. The molecular formula is C40H51FN2O3SSi2. The van der Waals surface area contributed by atoms with Crippen molar-refractivity contribution in [1.82, 2.24) is 4.98 Å². The third-order valence-corrected chi connectivity index (χ3v) is 20.7. The van der Waals surface area contributed by atoms with Crippen LogP contribution in [0.1, 0.15) is 64.8 Å². The van der Waals surface area contributed by atoms with Crippen LogP contribution in [0.3, 0.4) is 0 Å². The molecule has 5 nitrogen and oxygen atoms in total. The van der Waals surface area contributed by atoms with E-state index in [0.29, 0.717) is 5.75 Å². The molecule has 0 N–H and O–H groups in total. The van der Waals surface area contributed by atoms with Gasteiger partial charge in [0.1, 0.15) is 16.8 Å². The van der Waals surface area contributed by atoms with Gasteiger partial charge in [0.05, 0.1) is 12.1 Å². The number of amides is 1. The van der Waals surface area contributed by atoms with Crippen LogP contribution in [0.25, 0.3) is 11.1 Å². The number of carbonyl (C=O) groups excluding carboxylic acids is 1. The second-order valence-electron chi connectivity index (χ2n) is 16.0. The minimum Gasteiger partial charge on any atom is -0.544 e. The van der Waals surface area contributed by atoms with Crippen molar-refractivity contribution in [2.75, 3.05) is 10.7 Å². The van der Waals surface area contributed by atoms with Gasteiger partial charge in [-0.15, -0.1) is 11.8 Å². The van der Waals surface area contributed by atoms with Gasteiger partial charge in [0.2, 0.25) is 14.2 Å². The van der Waals surface area contributed by atoms with E-state index in [4.69, 9.17) is 8.85 Å². The van der Waals surface area contributed by atoms with Gasteiger partial charge in [0.15, 0.2) is 8.32 Å². The number of rotatable bonds is 11. The van der Waals surface area contributed by atoms with Crippen LogP contribution in [0.4, 0.5) is 10.1 Å². The number of anilines is 1. The summed E-state index contributed by atoms with van der Waals surface area (Å²) in [5.41, 5.74) is 4.91. The molecule has 5 rings (SSSR count). The molecule has 1 saturated heterocycles. The Morgan fingerprint density at radius 1 is 0.816 bits per heavy atom. The molecule has 0 saturated carbocycles. The first-order chi connectivity index (χ1) is 22.9. The van der Waals surface area contributed by atoms with Crippen molar-refractivity contribution in [3.8, 4) is 16.9 Å². The summed E-state index contributed by atoms with van der Waals surface area (Å²) in [6.45, 7) is 22.3. The summed E-state index contributed by atoms with van der Waals surface area (Å²) in [7, 11) is -4.19. The fourth-order valence-electron chi connectivity index (χ4n) is 5.36. The van der Waals surface area contributed by atoms with Gasteiger partial charge in [-0.2, -0.15) is 0 Å². The maximum Gasteiger partial charge on any atom is 0.250 e. The smallest absolute Gasteiger partial charge is 0.250 e. The van der Waals surface area contributed by atoms with Gasteiger partial charge in [0.25, 0.3) is 0 Å². The van der Waals surface area contributed by atoms with Gasteiger partial charge >= 0.3 is 0 Å². The van der Waals surface area contributed by atoms with Crippen LogP contribution in [0, 0.1) is 5.82 Å². The largest absolute Gasteiger partial charge is 0.544 e. The Kier molecular flexibility index (Phi) is 10.7. The average Bonchev–Trinajstić information content (AvgIpc) is 3.03. The van der Waals surface area contributed by atoms with Gasteiger partial charge in [-0.25, -0.2) is 4.39 Å². The zero-order valence-corrected chi connectivity index (χ0v) is 33.4. The van der Waals surface area contributed by atoms with Crippen LogP contribution in [0.2, 0.25) is 36.3 Å². The molecule has 0 unspecified atom stereocenters. The summed E-state index contributed by atoms with van der Waals surface area (Å²) < 4.78 is 27.5. The zero-order valence-electron chi connectivity index (χ0n) is 30.6. The molecule has 260 valence electrons. The van der Waals surface area contributed by atoms with Crippen LogP contribution in [0.5, 0.6) is 5.75 Å². The lowest BCUT2D eigenvalue weighted by molar-refractivity contribution is -0.123. The molecule has 1 aromatic heterocycles. The average molecular weight is 715 g/mol. The van der Waals surface area contributed by atoms with Crippen LogP contribution in [-0.2, 0) is 9.22 Å². The Hall–Kier alpha value is -3.25. The minimum absolute atomic E-state index is 0.00221. The number of carbonyl (C=O) groups is 1. The molecule has 4 aromatic rings. The Morgan fingerprint density at radius 2 is 1.43 bits per heavy atom. The monoisotopic (exact) mass is 714 g/mol. The van der Waals surface area contributed by atoms with E-state index in [1.165, 1.54) is 12.1 Å². The molecule has 9 heteroatoms. The second-order valence-corrected chi connectivity index (χ2v) is 26.7. The van der Waals surface area contributed by atoms with E-state index in [1.807, 2.05) is 71.8 Å². The van der Waals surface area contributed by atoms with Crippen LogP contribution >= 0.6 is 11.8 Å². The highest BCUT2D eigenvalue weighted by molar-refractivity contribution is 8.00. The number of hydrogen-bond acceptors (Lipinski definition) is 5. The summed E-state index contributed by atoms with van der Waals surface area (Å²) in [4.78, 5) is 20.3. The summed E-state index contributed by atoms with van der Waals surface area (Å²) in [6.07, 6.45) is 3.34. The number of benzene rings is 3. The maximum absolute atomic E-state index is 14.1. The van der Waals surface area contributed by atoms with E-state index in [0.717, 1.165) is 33.7 Å². The van der Waals surface area contributed by atoms with Gasteiger partial charge in [-0.3, -0.25) is 9.78 Å². The number of aromatic nitrogens is 1. The highest BCUT2D eigenvalue weighted by Gasteiger charge is 2.50. The quantitative estimate of drug-likeness (QED) is 0.114. The molecular weight excluding hydrogens is 664 g/mol. The predicted molar refractivity (Wildman–Crippen MR) is 208 cm³/mol. The highest BCUT2D eigenvalue weighted by Crippen LogP contribution is 2.48. The SMILES string of the molecule is CC(C)(C)[Si](C)(C)Oc1ccc([C@@H]2[C@@H](SC[C@@H](O[Si](C)(C)C(C)(C)C)c3ccc(F)cc3)C(=O)N2c2ccc(-c3cccnc3)cc2)cc1. The van der Waals surface area contributed by atoms with Crippen molar-refractivity contribution in [2.45, 2.75) is 95.2 Å². The predicted octanol–water partition coefficient (Wildman–Crippen LogP) is 11.2. The third-order valence-electron chi connectivity index (χ3n) is 10.5. The van der Waals surface area contributed by atoms with E-state index in [1.54, 1.807) is 18.0 Å². The lowest BCUT2D eigenvalue weighted by atomic mass is 9.92. The molecule has 2 heterocycles. The Bertz CT molecular complexity index is 1720. The van der Waals surface area contributed by atoms with Gasteiger partial charge in [-0.1, -0.05) is 84.0 Å². The summed E-state index contributed by atoms with van der Waals surface area (Å²) in [5.74, 6) is 1.22. The first-order valence-electron chi connectivity index (χ1n) is 17.1. The summed E-state index contributed by atoms with van der Waals surface area (Å²) >= 11 is 1.63. The lowest BCUT2D eigenvalue weighted by Crippen LogP contribution is -2.58. The van der Waals surface area contributed by atoms with Gasteiger partial charge in [0, 0.05) is 23.8 Å². The molecule has 3 atom stereocenters. The fraction of sp³-hybridized carbons (Fsp3) is 0.400. The van der Waals surface area contributed by atoms with E-state index in [-0.39, 0.29) is 39.2 Å². The van der Waals surface area contributed by atoms with Crippen LogP contribution in [0.15, 0.2) is 97.3 Å². The van der Waals surface area contributed by atoms with Crippen LogP contribution in [-0.4, -0.2) is 38.5 Å². The summed E-state index contributed by atoms with van der Waals surface area (Å²) in [6, 6.07) is 26.8. The zero-order chi connectivity index (χ0) is 35.8. The lowest BCUT2D eigenvalue weighted by Gasteiger charge is -2.48. The number of pyridine rings is 1. The second kappa shape index (κ2) is 14.2. The van der Waals surface area contributed by atoms with Crippen molar-refractivity contribution < 1.29 is 18.0 Å². The maximum atomic E-state index is 14.1. The van der Waals surface area contributed by atoms with Gasteiger partial charge < -0.3 is 13.8 Å². The van der Waals surface area contributed by atoms with Crippen molar-refractivity contribution in [3.63, 3.8) is 0 Å². The Balaban J connectivity index is 1.44. The van der Waals surface area contributed by atoms with E-state index < -0.39 is 16.6 Å². The number of β-lactam (4-membered cyclic amide) rings is 1.